The summed E-state index contributed by atoms with van der Waals surface area (Å²) in [4.78, 5) is 24.1. The second kappa shape index (κ2) is 4.57. The first-order valence-corrected chi connectivity index (χ1v) is 5.72. The Balaban J connectivity index is 2.02. The maximum absolute atomic E-state index is 11.4. The molecule has 0 spiro atoms. The largest absolute Gasteiger partial charge is 0.367 e. The van der Waals surface area contributed by atoms with Crippen LogP contribution >= 0.6 is 0 Å². The monoisotopic (exact) mass is 232 g/mol. The third-order valence-electron chi connectivity index (χ3n) is 2.96. The van der Waals surface area contributed by atoms with Crippen LogP contribution in [0.25, 0.3) is 0 Å². The fourth-order valence-electron chi connectivity index (χ4n) is 1.98. The van der Waals surface area contributed by atoms with Crippen LogP contribution in [-0.2, 0) is 9.59 Å². The lowest BCUT2D eigenvalue weighted by molar-refractivity contribution is -0.137. The molecule has 1 saturated heterocycles. The first kappa shape index (κ1) is 11.6. The van der Waals surface area contributed by atoms with Crippen LogP contribution in [0, 0.1) is 13.8 Å². The van der Waals surface area contributed by atoms with E-state index in [1.165, 1.54) is 10.5 Å². The molecule has 0 aromatic heterocycles. The minimum atomic E-state index is -0.0905. The van der Waals surface area contributed by atoms with Gasteiger partial charge in [0.15, 0.2) is 0 Å². The van der Waals surface area contributed by atoms with E-state index in [1.807, 2.05) is 26.0 Å². The van der Waals surface area contributed by atoms with Gasteiger partial charge < -0.3 is 5.32 Å². The highest BCUT2D eigenvalue weighted by molar-refractivity contribution is 6.02. The maximum Gasteiger partial charge on any atom is 0.231 e. The van der Waals surface area contributed by atoms with E-state index in [1.54, 1.807) is 0 Å². The quantitative estimate of drug-likeness (QED) is 0.809. The lowest BCUT2D eigenvalue weighted by atomic mass is 10.1. The Kier molecular flexibility index (Phi) is 3.13. The topological polar surface area (TPSA) is 49.4 Å². The minimum absolute atomic E-state index is 0.0905. The fourth-order valence-corrected chi connectivity index (χ4v) is 1.98. The Labute approximate surface area is 101 Å². The van der Waals surface area contributed by atoms with Gasteiger partial charge in [0.2, 0.25) is 11.8 Å². The predicted molar refractivity (Wildman–Crippen MR) is 65.5 cm³/mol. The van der Waals surface area contributed by atoms with Crippen molar-refractivity contribution < 1.29 is 9.59 Å². The molecule has 1 heterocycles. The summed E-state index contributed by atoms with van der Waals surface area (Å²) < 4.78 is 0. The number of hydrogen-bond acceptors (Lipinski definition) is 3. The molecular formula is C13H16N2O2. The molecule has 4 heteroatoms. The van der Waals surface area contributed by atoms with Gasteiger partial charge in [0.1, 0.15) is 0 Å². The van der Waals surface area contributed by atoms with E-state index in [-0.39, 0.29) is 18.5 Å². The standard InChI is InChI=1S/C13H16N2O2/c1-9-3-4-11(10(2)7-9)14-8-15-12(16)5-6-13(15)17/h3-4,7,14H,5-6,8H2,1-2H3. The van der Waals surface area contributed by atoms with Gasteiger partial charge in [-0.1, -0.05) is 17.7 Å². The van der Waals surface area contributed by atoms with Gasteiger partial charge in [-0.15, -0.1) is 0 Å². The lowest BCUT2D eigenvalue weighted by Crippen LogP contribution is -2.34. The average molecular weight is 232 g/mol. The van der Waals surface area contributed by atoms with Crippen LogP contribution in [-0.4, -0.2) is 23.4 Å². The summed E-state index contributed by atoms with van der Waals surface area (Å²) in [5.74, 6) is -0.181. The smallest absolute Gasteiger partial charge is 0.231 e. The molecule has 1 fully saturated rings. The van der Waals surface area contributed by atoms with Crippen LogP contribution in [0.2, 0.25) is 0 Å². The number of imide groups is 1. The highest BCUT2D eigenvalue weighted by Crippen LogP contribution is 2.17. The molecule has 0 atom stereocenters. The number of carbonyl (C=O) groups excluding carboxylic acids is 2. The number of anilines is 1. The molecule has 1 aliphatic heterocycles. The molecule has 0 radical (unpaired) electrons. The number of nitrogens with one attached hydrogen (secondary N) is 1. The highest BCUT2D eigenvalue weighted by atomic mass is 16.2. The van der Waals surface area contributed by atoms with Gasteiger partial charge in [0.05, 0.1) is 6.67 Å². The molecule has 0 bridgehead atoms. The van der Waals surface area contributed by atoms with E-state index in [2.05, 4.69) is 11.4 Å². The van der Waals surface area contributed by atoms with Gasteiger partial charge in [-0.2, -0.15) is 0 Å². The summed E-state index contributed by atoms with van der Waals surface area (Å²) >= 11 is 0. The van der Waals surface area contributed by atoms with E-state index >= 15 is 0 Å². The Morgan fingerprint density at radius 2 is 1.82 bits per heavy atom. The highest BCUT2D eigenvalue weighted by Gasteiger charge is 2.28. The van der Waals surface area contributed by atoms with Gasteiger partial charge in [-0.05, 0) is 25.5 Å². The second-order valence-corrected chi connectivity index (χ2v) is 4.37. The Morgan fingerprint density at radius 1 is 1.18 bits per heavy atom. The molecule has 0 aliphatic carbocycles. The molecule has 17 heavy (non-hydrogen) atoms. The zero-order valence-electron chi connectivity index (χ0n) is 10.1. The van der Waals surface area contributed by atoms with E-state index in [0.717, 1.165) is 11.3 Å². The van der Waals surface area contributed by atoms with Crippen molar-refractivity contribution >= 4 is 17.5 Å². The number of hydrogen-bond donors (Lipinski definition) is 1. The molecule has 1 aromatic rings. The SMILES string of the molecule is Cc1ccc(NCN2C(=O)CCC2=O)c(C)c1. The fraction of sp³-hybridized carbons (Fsp3) is 0.385. The van der Waals surface area contributed by atoms with E-state index in [9.17, 15) is 9.59 Å². The molecule has 0 saturated carbocycles. The predicted octanol–water partition coefficient (Wildman–Crippen LogP) is 1.82. The van der Waals surface area contributed by atoms with Crippen molar-refractivity contribution in [3.8, 4) is 0 Å². The zero-order chi connectivity index (χ0) is 12.4. The second-order valence-electron chi connectivity index (χ2n) is 4.37. The number of rotatable bonds is 3. The zero-order valence-corrected chi connectivity index (χ0v) is 10.1. The van der Waals surface area contributed by atoms with Gasteiger partial charge in [-0.3, -0.25) is 14.5 Å². The first-order valence-electron chi connectivity index (χ1n) is 5.72. The molecule has 2 rings (SSSR count). The number of benzene rings is 1. The van der Waals surface area contributed by atoms with Crippen LogP contribution in [0.15, 0.2) is 18.2 Å². The number of likely N-dealkylation sites (tertiary alicyclic amines) is 1. The Morgan fingerprint density at radius 3 is 2.41 bits per heavy atom. The minimum Gasteiger partial charge on any atom is -0.367 e. The normalized spacial score (nSPS) is 15.5. The van der Waals surface area contributed by atoms with Crippen molar-refractivity contribution in [2.24, 2.45) is 0 Å². The van der Waals surface area contributed by atoms with Gasteiger partial charge in [0.25, 0.3) is 0 Å². The Bertz CT molecular complexity index is 452. The number of carbonyl (C=O) groups is 2. The molecular weight excluding hydrogens is 216 g/mol. The first-order chi connectivity index (χ1) is 8.08. The molecule has 4 nitrogen and oxygen atoms in total. The summed E-state index contributed by atoms with van der Waals surface area (Å²) in [7, 11) is 0. The van der Waals surface area contributed by atoms with E-state index in [4.69, 9.17) is 0 Å². The molecule has 2 amide bonds. The van der Waals surface area contributed by atoms with E-state index < -0.39 is 0 Å². The van der Waals surface area contributed by atoms with Crippen molar-refractivity contribution in [2.75, 3.05) is 12.0 Å². The van der Waals surface area contributed by atoms with Gasteiger partial charge in [-0.25, -0.2) is 0 Å². The maximum atomic E-state index is 11.4. The third kappa shape index (κ3) is 2.46. The lowest BCUT2D eigenvalue weighted by Gasteiger charge is -2.17. The molecule has 90 valence electrons. The van der Waals surface area contributed by atoms with Crippen LogP contribution in [0.5, 0.6) is 0 Å². The summed E-state index contributed by atoms with van der Waals surface area (Å²) in [6, 6.07) is 6.04. The van der Waals surface area contributed by atoms with Crippen molar-refractivity contribution in [1.29, 1.82) is 0 Å². The van der Waals surface area contributed by atoms with Gasteiger partial charge >= 0.3 is 0 Å². The van der Waals surface area contributed by atoms with Crippen molar-refractivity contribution in [2.45, 2.75) is 26.7 Å². The molecule has 1 aromatic carbocycles. The number of aryl methyl sites for hydroxylation is 2. The summed E-state index contributed by atoms with van der Waals surface area (Å²) in [5.41, 5.74) is 3.27. The van der Waals surface area contributed by atoms with Crippen LogP contribution in [0.4, 0.5) is 5.69 Å². The summed E-state index contributed by atoms with van der Waals surface area (Å²) in [5, 5.41) is 3.13. The molecule has 0 unspecified atom stereocenters. The van der Waals surface area contributed by atoms with E-state index in [0.29, 0.717) is 12.8 Å². The third-order valence-corrected chi connectivity index (χ3v) is 2.96. The number of nitrogens with zero attached hydrogens (tertiary/aromatic N) is 1. The Hall–Kier alpha value is -1.84. The van der Waals surface area contributed by atoms with Crippen LogP contribution in [0.1, 0.15) is 24.0 Å². The summed E-state index contributed by atoms with van der Waals surface area (Å²) in [6.45, 7) is 4.30. The molecule has 1 aliphatic rings. The van der Waals surface area contributed by atoms with Crippen LogP contribution in [0.3, 0.4) is 0 Å². The van der Waals surface area contributed by atoms with Gasteiger partial charge in [0, 0.05) is 18.5 Å². The van der Waals surface area contributed by atoms with Crippen molar-refractivity contribution in [3.63, 3.8) is 0 Å². The van der Waals surface area contributed by atoms with Crippen molar-refractivity contribution in [1.82, 2.24) is 4.90 Å². The average Bonchev–Trinajstić information content (AvgIpc) is 2.58. The van der Waals surface area contributed by atoms with Crippen LogP contribution < -0.4 is 5.32 Å². The summed E-state index contributed by atoms with van der Waals surface area (Å²) in [6.07, 6.45) is 0.681. The molecule has 1 N–H and O–H groups in total. The number of amides is 2. The van der Waals surface area contributed by atoms with Crippen molar-refractivity contribution in [3.05, 3.63) is 29.3 Å².